The van der Waals surface area contributed by atoms with E-state index in [0.29, 0.717) is 6.54 Å². The lowest BCUT2D eigenvalue weighted by Gasteiger charge is -2.34. The van der Waals surface area contributed by atoms with Gasteiger partial charge in [-0.05, 0) is 48.9 Å². The smallest absolute Gasteiger partial charge is 0.205 e. The predicted octanol–water partition coefficient (Wildman–Crippen LogP) is 2.32. The Labute approximate surface area is 119 Å². The Kier molecular flexibility index (Phi) is 3.23. The summed E-state index contributed by atoms with van der Waals surface area (Å²) in [4.78, 5) is 4.45. The Bertz CT molecular complexity index is 602. The summed E-state index contributed by atoms with van der Waals surface area (Å²) in [5.41, 5.74) is 2.90. The van der Waals surface area contributed by atoms with Gasteiger partial charge in [-0.2, -0.15) is 5.26 Å². The lowest BCUT2D eigenvalue weighted by atomic mass is 9.75. The molecule has 1 heterocycles. The molecule has 2 unspecified atom stereocenters. The molecule has 0 amide bonds. The maximum atomic E-state index is 9.62. The maximum absolute atomic E-state index is 9.62. The molecule has 104 valence electrons. The normalized spacial score (nSPS) is 27.9. The maximum Gasteiger partial charge on any atom is 0.205 e. The molecule has 0 bridgehead atoms. The number of rotatable bonds is 2. The van der Waals surface area contributed by atoms with E-state index in [4.69, 9.17) is 4.74 Å². The zero-order valence-electron chi connectivity index (χ0n) is 11.9. The summed E-state index contributed by atoms with van der Waals surface area (Å²) in [5, 5.41) is 12.9. The van der Waals surface area contributed by atoms with Crippen molar-refractivity contribution < 1.29 is 4.74 Å². The summed E-state index contributed by atoms with van der Waals surface area (Å²) in [5.74, 6) is 0.996. The topological polar surface area (TPSA) is 57.4 Å². The highest BCUT2D eigenvalue weighted by Gasteiger charge is 2.43. The molecule has 4 nitrogen and oxygen atoms in total. The highest BCUT2D eigenvalue weighted by molar-refractivity contribution is 5.65. The van der Waals surface area contributed by atoms with E-state index in [-0.39, 0.29) is 5.92 Å². The summed E-state index contributed by atoms with van der Waals surface area (Å²) >= 11 is 0. The minimum atomic E-state index is -0.796. The second-order valence-corrected chi connectivity index (χ2v) is 5.54. The predicted molar refractivity (Wildman–Crippen MR) is 78.2 cm³/mol. The largest absolute Gasteiger partial charge is 0.496 e. The van der Waals surface area contributed by atoms with E-state index in [1.54, 1.807) is 7.11 Å². The molecular weight excluding hydrogens is 250 g/mol. The minimum absolute atomic E-state index is 0.101. The van der Waals surface area contributed by atoms with Crippen LogP contribution in [0.4, 0.5) is 0 Å². The van der Waals surface area contributed by atoms with E-state index in [0.717, 1.165) is 30.6 Å². The summed E-state index contributed by atoms with van der Waals surface area (Å²) < 4.78 is 5.45. The number of hydrogen-bond donors (Lipinski definition) is 1. The van der Waals surface area contributed by atoms with Gasteiger partial charge in [-0.3, -0.25) is 10.3 Å². The Morgan fingerprint density at radius 1 is 1.50 bits per heavy atom. The average molecular weight is 269 g/mol. The van der Waals surface area contributed by atoms with Crippen LogP contribution >= 0.6 is 0 Å². The molecule has 4 heteroatoms. The number of nitrogens with one attached hydrogen (secondary N) is 1. The molecule has 1 aromatic carbocycles. The molecule has 20 heavy (non-hydrogen) atoms. The van der Waals surface area contributed by atoms with Gasteiger partial charge in [-0.15, -0.1) is 0 Å². The lowest BCUT2D eigenvalue weighted by molar-refractivity contribution is 0.351. The van der Waals surface area contributed by atoms with Gasteiger partial charge in [0.25, 0.3) is 0 Å². The monoisotopic (exact) mass is 269 g/mol. The number of hydrogen-bond acceptors (Lipinski definition) is 4. The first-order valence-electron chi connectivity index (χ1n) is 7.07. The number of aryl methyl sites for hydroxylation is 2. The molecule has 1 N–H and O–H groups in total. The second kappa shape index (κ2) is 4.92. The van der Waals surface area contributed by atoms with E-state index in [2.05, 4.69) is 35.4 Å². The van der Waals surface area contributed by atoms with Crippen molar-refractivity contribution in [3.05, 3.63) is 28.8 Å². The van der Waals surface area contributed by atoms with E-state index in [9.17, 15) is 5.26 Å². The SMILES string of the molecule is COc1cc2c(cc1C)CCCC2C1(C#N)N=CCN1. The van der Waals surface area contributed by atoms with Gasteiger partial charge in [0.2, 0.25) is 5.66 Å². The Hall–Kier alpha value is -1.86. The molecule has 2 atom stereocenters. The quantitative estimate of drug-likeness (QED) is 0.896. The number of fused-ring (bicyclic) bond motifs is 1. The molecule has 3 rings (SSSR count). The first-order chi connectivity index (χ1) is 9.70. The molecule has 1 aromatic rings. The fraction of sp³-hybridized carbons (Fsp3) is 0.500. The van der Waals surface area contributed by atoms with E-state index >= 15 is 0 Å². The van der Waals surface area contributed by atoms with Gasteiger partial charge in [-0.1, -0.05) is 6.07 Å². The Morgan fingerprint density at radius 2 is 2.35 bits per heavy atom. The van der Waals surface area contributed by atoms with Crippen molar-refractivity contribution in [1.29, 1.82) is 5.26 Å². The van der Waals surface area contributed by atoms with Crippen LogP contribution in [0.15, 0.2) is 17.1 Å². The van der Waals surface area contributed by atoms with Gasteiger partial charge < -0.3 is 4.74 Å². The third-order valence-corrected chi connectivity index (χ3v) is 4.40. The van der Waals surface area contributed by atoms with Crippen LogP contribution < -0.4 is 10.1 Å². The van der Waals surface area contributed by atoms with Crippen molar-refractivity contribution in [3.8, 4) is 11.8 Å². The molecule has 0 saturated heterocycles. The average Bonchev–Trinajstić information content (AvgIpc) is 2.95. The Morgan fingerprint density at radius 3 is 3.00 bits per heavy atom. The highest BCUT2D eigenvalue weighted by Crippen LogP contribution is 2.42. The Balaban J connectivity index is 2.10. The summed E-state index contributed by atoms with van der Waals surface area (Å²) in [6.07, 6.45) is 4.96. The molecule has 2 aliphatic rings. The number of aliphatic imine (C=N–C) groups is 1. The standard InChI is InChI=1S/C16H19N3O/c1-11-8-12-4-3-5-14(13(12)9-15(11)20-2)16(10-17)18-6-7-19-16/h6,8-9,14,19H,3-5,7H2,1-2H3. The van der Waals surface area contributed by atoms with Crippen LogP contribution in [-0.2, 0) is 6.42 Å². The molecule has 0 spiro atoms. The summed E-state index contributed by atoms with van der Waals surface area (Å²) in [6, 6.07) is 6.69. The van der Waals surface area contributed by atoms with Crippen molar-refractivity contribution in [2.45, 2.75) is 37.8 Å². The van der Waals surface area contributed by atoms with Crippen molar-refractivity contribution in [2.75, 3.05) is 13.7 Å². The van der Waals surface area contributed by atoms with Crippen LogP contribution in [0, 0.1) is 18.3 Å². The number of nitrogens with zero attached hydrogens (tertiary/aromatic N) is 2. The number of nitriles is 1. The summed E-state index contributed by atoms with van der Waals surface area (Å²) in [6.45, 7) is 2.73. The van der Waals surface area contributed by atoms with Crippen LogP contribution in [-0.4, -0.2) is 25.5 Å². The zero-order valence-corrected chi connectivity index (χ0v) is 11.9. The summed E-state index contributed by atoms with van der Waals surface area (Å²) in [7, 11) is 1.69. The molecule has 0 saturated carbocycles. The van der Waals surface area contributed by atoms with Crippen molar-refractivity contribution in [3.63, 3.8) is 0 Å². The van der Waals surface area contributed by atoms with Gasteiger partial charge in [0.05, 0.1) is 7.11 Å². The minimum Gasteiger partial charge on any atom is -0.496 e. The molecule has 0 radical (unpaired) electrons. The first kappa shape index (κ1) is 13.1. The van der Waals surface area contributed by atoms with Gasteiger partial charge in [0, 0.05) is 18.7 Å². The molecule has 0 fully saturated rings. The lowest BCUT2D eigenvalue weighted by Crippen LogP contribution is -2.45. The van der Waals surface area contributed by atoms with Crippen molar-refractivity contribution in [2.24, 2.45) is 4.99 Å². The van der Waals surface area contributed by atoms with Crippen molar-refractivity contribution in [1.82, 2.24) is 5.32 Å². The molecule has 0 aromatic heterocycles. The van der Waals surface area contributed by atoms with E-state index < -0.39 is 5.66 Å². The highest BCUT2D eigenvalue weighted by atomic mass is 16.5. The van der Waals surface area contributed by atoms with Crippen LogP contribution in [0.3, 0.4) is 0 Å². The van der Waals surface area contributed by atoms with Crippen molar-refractivity contribution >= 4 is 6.21 Å². The fourth-order valence-corrected chi connectivity index (χ4v) is 3.41. The number of benzene rings is 1. The van der Waals surface area contributed by atoms with Gasteiger partial charge >= 0.3 is 0 Å². The molecule has 1 aliphatic carbocycles. The number of methoxy groups -OCH3 is 1. The second-order valence-electron chi connectivity index (χ2n) is 5.54. The van der Waals surface area contributed by atoms with Gasteiger partial charge in [0.1, 0.15) is 11.8 Å². The third kappa shape index (κ3) is 1.90. The van der Waals surface area contributed by atoms with Gasteiger partial charge in [-0.25, -0.2) is 0 Å². The van der Waals surface area contributed by atoms with Crippen LogP contribution in [0.5, 0.6) is 5.75 Å². The molecular formula is C16H19N3O. The van der Waals surface area contributed by atoms with Crippen LogP contribution in [0.2, 0.25) is 0 Å². The van der Waals surface area contributed by atoms with Gasteiger partial charge in [0.15, 0.2) is 0 Å². The van der Waals surface area contributed by atoms with E-state index in [1.807, 2.05) is 6.21 Å². The van der Waals surface area contributed by atoms with E-state index in [1.165, 1.54) is 11.1 Å². The molecule has 1 aliphatic heterocycles. The first-order valence-corrected chi connectivity index (χ1v) is 7.07. The fourth-order valence-electron chi connectivity index (χ4n) is 3.41. The van der Waals surface area contributed by atoms with Crippen LogP contribution in [0.25, 0.3) is 0 Å². The third-order valence-electron chi connectivity index (χ3n) is 4.40. The zero-order chi connectivity index (χ0) is 14.2. The number of ether oxygens (including phenoxy) is 1. The van der Waals surface area contributed by atoms with Crippen LogP contribution in [0.1, 0.15) is 35.4 Å².